The number of hydrogen-bond donors (Lipinski definition) is 0. The second kappa shape index (κ2) is 17.2. The largest absolute Gasteiger partial charge is 0.509 e. The molecule has 12 rings (SSSR count). The van der Waals surface area contributed by atoms with Crippen molar-refractivity contribution in [3.63, 3.8) is 0 Å². The number of anilines is 3. The van der Waals surface area contributed by atoms with Crippen molar-refractivity contribution >= 4 is 57.0 Å². The minimum absolute atomic E-state index is 0. The van der Waals surface area contributed by atoms with Crippen LogP contribution in [0.3, 0.4) is 0 Å². The van der Waals surface area contributed by atoms with Crippen LogP contribution in [-0.4, -0.2) is 21.2 Å². The fraction of sp³-hybridized carbons (Fsp3) is 0.194. The van der Waals surface area contributed by atoms with Crippen molar-refractivity contribution in [3.05, 3.63) is 228 Å². The van der Waals surface area contributed by atoms with E-state index >= 15 is 0 Å². The summed E-state index contributed by atoms with van der Waals surface area (Å²) in [6.45, 7) is 17.6. The SMILES string of the molecule is [2H]c1c([2H])c([2H])c(C2=CB3C=CC=CN3C(c3ccc4c(c3)C(C)(C)CCC4(C)C)=C2N2[CH-]N(c3[c-]c(Oc4[c-]c5c(cc4)c4ccccc4n5-c4cc(C(C)(C)C)ccn4)ccc3)c3ccccc32)c([2H])c1[2H].[Pt]. The quantitative estimate of drug-likeness (QED) is 0.117. The van der Waals surface area contributed by atoms with E-state index in [9.17, 15) is 2.74 Å². The Labute approximate surface area is 434 Å². The predicted octanol–water partition coefficient (Wildman–Crippen LogP) is 15.2. The van der Waals surface area contributed by atoms with E-state index in [1.807, 2.05) is 73.5 Å². The van der Waals surface area contributed by atoms with E-state index in [2.05, 4.69) is 159 Å². The second-order valence-electron chi connectivity index (χ2n) is 20.9. The number of para-hydroxylation sites is 3. The van der Waals surface area contributed by atoms with Crippen molar-refractivity contribution < 1.29 is 32.7 Å². The number of nitrogens with zero attached hydrogens (tertiary/aromatic N) is 5. The summed E-state index contributed by atoms with van der Waals surface area (Å²) in [5, 5.41) is 2.13. The van der Waals surface area contributed by atoms with Crippen LogP contribution in [0.25, 0.3) is 38.9 Å². The summed E-state index contributed by atoms with van der Waals surface area (Å²) in [5.74, 6) is 5.93. The van der Waals surface area contributed by atoms with E-state index in [0.717, 1.165) is 63.1 Å². The van der Waals surface area contributed by atoms with Gasteiger partial charge >= 0.3 is 6.85 Å². The summed E-state index contributed by atoms with van der Waals surface area (Å²) in [4.78, 5) is 11.3. The Morgan fingerprint density at radius 2 is 1.46 bits per heavy atom. The maximum Gasteiger partial charge on any atom is 0.313 e. The Bertz CT molecular complexity index is 3770. The number of pyridine rings is 1. The molecule has 4 aliphatic rings. The smallest absolute Gasteiger partial charge is 0.313 e. The number of benzene rings is 6. The fourth-order valence-corrected chi connectivity index (χ4v) is 10.6. The molecule has 0 unspecified atom stereocenters. The molecule has 5 heterocycles. The molecular formula is C62H55BN5OPt-3. The van der Waals surface area contributed by atoms with E-state index in [1.54, 1.807) is 0 Å². The molecule has 0 bridgehead atoms. The van der Waals surface area contributed by atoms with Gasteiger partial charge in [0.2, 0.25) is 0 Å². The molecule has 6 aromatic carbocycles. The maximum absolute atomic E-state index is 9.40. The standard InChI is InChI=1S/C62H55BN5O.Pt/c1-60(2,3)44-30-34-64-57(37-44)68-53-23-12-11-22-48(53)49-28-27-47(39-56(49)68)69-46-21-17-20-45(38-46)65-41-66(55-25-14-13-24-54(55)65)59-50(42-18-9-8-10-19-42)40-63-33-15-16-35-67(63)58(59)43-26-29-51-52(36-43)62(6,7)32-31-61(51,4)5;/h8-30,33-37,40-41H,31-32H2,1-7H3;/q-3;/i8D,9D,10D,18D,19D;. The van der Waals surface area contributed by atoms with Crippen molar-refractivity contribution in [1.82, 2.24) is 14.4 Å². The first kappa shape index (κ1) is 40.0. The normalized spacial score (nSPS) is 17.8. The number of fused-ring (bicyclic) bond motifs is 6. The molecule has 0 radical (unpaired) electrons. The molecule has 350 valence electrons. The third-order valence-corrected chi connectivity index (χ3v) is 14.5. The zero-order valence-electron chi connectivity index (χ0n) is 45.4. The molecule has 70 heavy (non-hydrogen) atoms. The molecule has 1 aliphatic carbocycles. The van der Waals surface area contributed by atoms with Crippen LogP contribution in [0.15, 0.2) is 182 Å². The van der Waals surface area contributed by atoms with Crippen LogP contribution in [-0.2, 0) is 37.3 Å². The Kier molecular flexibility index (Phi) is 9.85. The zero-order chi connectivity index (χ0) is 51.6. The van der Waals surface area contributed by atoms with Gasteiger partial charge in [-0.3, -0.25) is 0 Å². The number of ether oxygens (including phenoxy) is 1. The van der Waals surface area contributed by atoms with Crippen molar-refractivity contribution in [2.45, 2.75) is 77.6 Å². The molecule has 8 aromatic rings. The number of aromatic nitrogens is 2. The Morgan fingerprint density at radius 1 is 0.714 bits per heavy atom. The molecule has 0 spiro atoms. The molecule has 2 aromatic heterocycles. The van der Waals surface area contributed by atoms with Gasteiger partial charge < -0.3 is 23.9 Å². The van der Waals surface area contributed by atoms with Crippen LogP contribution >= 0.6 is 0 Å². The van der Waals surface area contributed by atoms with Gasteiger partial charge in [-0.05, 0) is 117 Å². The summed E-state index contributed by atoms with van der Waals surface area (Å²) in [5.41, 5.74) is 11.1. The van der Waals surface area contributed by atoms with Gasteiger partial charge in [-0.25, -0.2) is 4.98 Å². The van der Waals surface area contributed by atoms with Crippen molar-refractivity contribution in [1.29, 1.82) is 0 Å². The first-order valence-corrected chi connectivity index (χ1v) is 23.9. The molecule has 6 nitrogen and oxygen atoms in total. The van der Waals surface area contributed by atoms with Gasteiger partial charge in [-0.15, -0.1) is 48.1 Å². The number of hydrogen-bond acceptors (Lipinski definition) is 5. The van der Waals surface area contributed by atoms with Gasteiger partial charge in [0, 0.05) is 61.3 Å². The first-order chi connectivity index (χ1) is 35.4. The monoisotopic (exact) mass is 1100 g/mol. The minimum Gasteiger partial charge on any atom is -0.509 e. The molecule has 0 N–H and O–H groups in total. The van der Waals surface area contributed by atoms with Crippen LogP contribution in [0.1, 0.15) is 96.0 Å². The summed E-state index contributed by atoms with van der Waals surface area (Å²) >= 11 is 0. The molecule has 3 aliphatic heterocycles. The molecule has 0 amide bonds. The average molecular weight is 1100 g/mol. The summed E-state index contributed by atoms with van der Waals surface area (Å²) < 4.78 is 54.0. The summed E-state index contributed by atoms with van der Waals surface area (Å²) in [6, 6.07) is 42.8. The van der Waals surface area contributed by atoms with E-state index in [0.29, 0.717) is 28.5 Å². The predicted molar refractivity (Wildman–Crippen MR) is 286 cm³/mol. The summed E-state index contributed by atoms with van der Waals surface area (Å²) in [6.07, 6.45) is 10.1. The van der Waals surface area contributed by atoms with Crippen molar-refractivity contribution in [2.75, 3.05) is 9.80 Å². The van der Waals surface area contributed by atoms with E-state index in [4.69, 9.17) is 13.8 Å². The zero-order valence-corrected chi connectivity index (χ0v) is 42.7. The van der Waals surface area contributed by atoms with Gasteiger partial charge in [0.15, 0.2) is 0 Å². The molecule has 0 fully saturated rings. The number of rotatable bonds is 7. The Morgan fingerprint density at radius 3 is 2.26 bits per heavy atom. The van der Waals surface area contributed by atoms with Gasteiger partial charge in [-0.2, -0.15) is 12.1 Å². The van der Waals surface area contributed by atoms with E-state index in [1.165, 1.54) is 16.7 Å². The van der Waals surface area contributed by atoms with Crippen LogP contribution < -0.4 is 14.5 Å². The van der Waals surface area contributed by atoms with Gasteiger partial charge in [0.05, 0.1) is 12.6 Å². The van der Waals surface area contributed by atoms with Crippen LogP contribution in [0.2, 0.25) is 0 Å². The maximum atomic E-state index is 9.40. The second-order valence-corrected chi connectivity index (χ2v) is 20.9. The molecule has 0 saturated carbocycles. The Balaban J connectivity index is 0.00000602. The van der Waals surface area contributed by atoms with E-state index in [-0.39, 0.29) is 73.9 Å². The van der Waals surface area contributed by atoms with Crippen LogP contribution in [0.4, 0.5) is 17.1 Å². The topological polar surface area (TPSA) is 36.8 Å². The third kappa shape index (κ3) is 7.74. The molecule has 0 saturated heterocycles. The molecule has 0 atom stereocenters. The average Bonchev–Trinajstić information content (AvgIpc) is 3.94. The molecular weight excluding hydrogens is 1040 g/mol. The third-order valence-electron chi connectivity index (χ3n) is 14.5. The van der Waals surface area contributed by atoms with Crippen LogP contribution in [0.5, 0.6) is 11.5 Å². The van der Waals surface area contributed by atoms with Gasteiger partial charge in [0.25, 0.3) is 0 Å². The first-order valence-electron chi connectivity index (χ1n) is 26.4. The van der Waals surface area contributed by atoms with Crippen molar-refractivity contribution in [3.8, 4) is 17.3 Å². The Hall–Kier alpha value is -6.82. The van der Waals surface area contributed by atoms with Gasteiger partial charge in [-0.1, -0.05) is 145 Å². The van der Waals surface area contributed by atoms with E-state index < -0.39 is 6.04 Å². The summed E-state index contributed by atoms with van der Waals surface area (Å²) in [7, 11) is 0. The molecule has 8 heteroatoms. The minimum atomic E-state index is -0.433. The fourth-order valence-electron chi connectivity index (χ4n) is 10.6. The van der Waals surface area contributed by atoms with Crippen molar-refractivity contribution in [2.24, 2.45) is 0 Å². The number of allylic oxidation sites excluding steroid dienone is 3. The van der Waals surface area contributed by atoms with Crippen LogP contribution in [0, 0.1) is 18.8 Å². The van der Waals surface area contributed by atoms with Gasteiger partial charge in [0.1, 0.15) is 5.82 Å².